The smallest absolute Gasteiger partial charge is 0.463 e. The number of hydrogen-bond donors (Lipinski definition) is 4. The molecule has 18 heteroatoms. The Morgan fingerprint density at radius 3 is 0.838 bits per heavy atom. The minimum atomic E-state index is -4.96. The summed E-state index contributed by atoms with van der Waals surface area (Å²) in [7, 11) is -9.84. The van der Waals surface area contributed by atoms with Crippen molar-refractivity contribution in [2.75, 3.05) is 39.6 Å². The van der Waals surface area contributed by atoms with Crippen LogP contribution in [0.5, 0.6) is 0 Å². The first-order chi connectivity index (χ1) is 51.2. The number of esters is 3. The Morgan fingerprint density at radius 2 is 0.524 bits per heavy atom. The predicted octanol–water partition coefficient (Wildman–Crippen LogP) is 23.8. The van der Waals surface area contributed by atoms with Crippen LogP contribution in [0.3, 0.4) is 0 Å². The summed E-state index contributed by atoms with van der Waals surface area (Å²) >= 11 is 0. The molecule has 0 heterocycles. The number of aliphatic hydroxyl groups is 2. The van der Waals surface area contributed by atoms with Crippen LogP contribution < -0.4 is 0 Å². The molecular weight excluding hydrogens is 1360 g/mol. The van der Waals surface area contributed by atoms with Crippen molar-refractivity contribution in [3.63, 3.8) is 0 Å². The van der Waals surface area contributed by atoms with E-state index in [0.717, 1.165) is 148 Å². The summed E-state index contributed by atoms with van der Waals surface area (Å²) < 4.78 is 61.1. The summed E-state index contributed by atoms with van der Waals surface area (Å²) in [4.78, 5) is 58.7. The largest absolute Gasteiger partial charge is 0.472 e. The summed E-state index contributed by atoms with van der Waals surface area (Å²) in [6, 6.07) is 0. The van der Waals surface area contributed by atoms with Gasteiger partial charge in [-0.25, -0.2) is 9.13 Å². The van der Waals surface area contributed by atoms with E-state index in [0.29, 0.717) is 25.7 Å². The third kappa shape index (κ3) is 79.5. The first kappa shape index (κ1) is 99.7. The molecule has 0 aromatic rings. The molecule has 5 unspecified atom stereocenters. The predicted molar refractivity (Wildman–Crippen MR) is 435 cm³/mol. The Kier molecular flexibility index (Phi) is 74.3. The molecule has 596 valence electrons. The topological polar surface area (TPSA) is 231 Å². The fourth-order valence-electron chi connectivity index (χ4n) is 10.1. The van der Waals surface area contributed by atoms with Crippen LogP contribution >= 0.6 is 15.6 Å². The van der Waals surface area contributed by atoms with Crippen molar-refractivity contribution < 1.29 is 75.8 Å². The van der Waals surface area contributed by atoms with Gasteiger partial charge in [-0.3, -0.25) is 32.5 Å². The Bertz CT molecular complexity index is 2640. The van der Waals surface area contributed by atoms with Crippen LogP contribution in [0, 0.1) is 0 Å². The van der Waals surface area contributed by atoms with Crippen molar-refractivity contribution >= 4 is 33.6 Å². The molecule has 0 fully saturated rings. The maximum atomic E-state index is 13.0. The Hall–Kier alpha value is -5.35. The number of aliphatic hydroxyl groups excluding tert-OH is 2. The summed E-state index contributed by atoms with van der Waals surface area (Å²) in [5.41, 5.74) is 0. The monoisotopic (exact) mass is 1500 g/mol. The molecule has 105 heavy (non-hydrogen) atoms. The Morgan fingerprint density at radius 1 is 0.276 bits per heavy atom. The summed E-state index contributed by atoms with van der Waals surface area (Å²) in [5.74, 6) is -1.71. The van der Waals surface area contributed by atoms with E-state index >= 15 is 0 Å². The van der Waals surface area contributed by atoms with Crippen LogP contribution in [0.4, 0.5) is 0 Å². The fourth-order valence-corrected chi connectivity index (χ4v) is 11.7. The maximum Gasteiger partial charge on any atom is 0.472 e. The summed E-state index contributed by atoms with van der Waals surface area (Å²) in [5, 5.41) is 20.7. The van der Waals surface area contributed by atoms with Gasteiger partial charge in [-0.2, -0.15) is 0 Å². The minimum Gasteiger partial charge on any atom is -0.463 e. The maximum absolute atomic E-state index is 13.0. The van der Waals surface area contributed by atoms with E-state index < -0.39 is 91.5 Å². The molecule has 0 aromatic heterocycles. The first-order valence-electron chi connectivity index (χ1n) is 40.1. The molecular formula is C87H142O16P2. The highest BCUT2D eigenvalue weighted by atomic mass is 31.2. The Balaban J connectivity index is 4.67. The average molecular weight is 1510 g/mol. The van der Waals surface area contributed by atoms with Gasteiger partial charge in [0, 0.05) is 19.3 Å². The zero-order valence-corrected chi connectivity index (χ0v) is 66.9. The number of ether oxygens (including phenoxy) is 3. The lowest BCUT2D eigenvalue weighted by molar-refractivity contribution is -0.161. The Labute approximate surface area is 636 Å². The SMILES string of the molecule is CC/C=C\C/C=C\C/C=C\C/C=C\C/C=C\C/C=C\CCC(=O)OC(COC(=O)CCCCCCC/C=C\C/C=C\C/C=C\C/C=C\CCCCC)COP(=O)(O)OCC(O)COP(=O)(O)OCC(O)COC(=O)CCCCCCCCCCCCCCC/C=C\C/C=C\C/C=C\C/C=C\C/C=C\CC. The van der Waals surface area contributed by atoms with E-state index in [4.69, 9.17) is 32.3 Å². The molecule has 4 N–H and O–H groups in total. The number of unbranched alkanes of at least 4 members (excludes halogenated alkanes) is 21. The zero-order chi connectivity index (χ0) is 76.6. The van der Waals surface area contributed by atoms with Crippen molar-refractivity contribution in [1.29, 1.82) is 0 Å². The number of phosphoric ester groups is 2. The van der Waals surface area contributed by atoms with Crippen LogP contribution in [0.15, 0.2) is 182 Å². The molecule has 0 aromatic carbocycles. The van der Waals surface area contributed by atoms with Crippen molar-refractivity contribution in [2.45, 2.75) is 309 Å². The number of carbonyl (C=O) groups is 3. The molecule has 0 saturated carbocycles. The lowest BCUT2D eigenvalue weighted by Crippen LogP contribution is -2.29. The number of hydrogen-bond acceptors (Lipinski definition) is 14. The molecule has 0 bridgehead atoms. The second-order valence-electron chi connectivity index (χ2n) is 26.1. The highest BCUT2D eigenvalue weighted by Crippen LogP contribution is 2.45. The second kappa shape index (κ2) is 78.2. The van der Waals surface area contributed by atoms with Crippen LogP contribution in [-0.4, -0.2) is 95.9 Å². The van der Waals surface area contributed by atoms with E-state index in [2.05, 4.69) is 185 Å². The molecule has 0 aliphatic rings. The van der Waals surface area contributed by atoms with Gasteiger partial charge in [-0.15, -0.1) is 0 Å². The van der Waals surface area contributed by atoms with E-state index in [1.165, 1.54) is 77.0 Å². The highest BCUT2D eigenvalue weighted by Gasteiger charge is 2.29. The van der Waals surface area contributed by atoms with Gasteiger partial charge in [-0.1, -0.05) is 306 Å². The van der Waals surface area contributed by atoms with Gasteiger partial charge in [0.25, 0.3) is 0 Å². The molecule has 0 aliphatic carbocycles. The molecule has 0 aliphatic heterocycles. The average Bonchev–Trinajstić information content (AvgIpc) is 0.940. The molecule has 0 amide bonds. The zero-order valence-electron chi connectivity index (χ0n) is 65.1. The van der Waals surface area contributed by atoms with Gasteiger partial charge in [0.1, 0.15) is 25.4 Å². The van der Waals surface area contributed by atoms with Crippen molar-refractivity contribution in [3.8, 4) is 0 Å². The van der Waals surface area contributed by atoms with Crippen LogP contribution in [0.25, 0.3) is 0 Å². The first-order valence-corrected chi connectivity index (χ1v) is 43.1. The van der Waals surface area contributed by atoms with Crippen molar-refractivity contribution in [3.05, 3.63) is 182 Å². The fraction of sp³-hybridized carbons (Fsp3) is 0.621. The van der Waals surface area contributed by atoms with Gasteiger partial charge in [0.05, 0.1) is 26.4 Å². The third-order valence-electron chi connectivity index (χ3n) is 16.1. The van der Waals surface area contributed by atoms with Crippen LogP contribution in [0.1, 0.15) is 290 Å². The van der Waals surface area contributed by atoms with Crippen LogP contribution in [-0.2, 0) is 55.8 Å². The molecule has 0 spiro atoms. The normalized spacial score (nSPS) is 14.9. The van der Waals surface area contributed by atoms with Crippen LogP contribution in [0.2, 0.25) is 0 Å². The van der Waals surface area contributed by atoms with Gasteiger partial charge in [-0.05, 0) is 148 Å². The van der Waals surface area contributed by atoms with Crippen molar-refractivity contribution in [1.82, 2.24) is 0 Å². The standard InChI is InChI=1S/C87H142O16P2/c1-4-7-10-13-16-19-22-25-28-31-34-36-37-38-39-40-41-42-43-45-48-49-52-55-58-61-64-67-70-73-85(90)97-76-82(88)77-99-104(93,94)100-78-83(89)79-101-105(95,96)102-81-84(103-87(92)75-72-69-66-63-60-57-54-51-46-33-30-27-24-21-18-15-12-9-6-3)80-98-86(91)74-71-68-65-62-59-56-53-50-47-44-35-32-29-26-23-20-17-14-11-8-5-2/h7,9-10,12,16-21,25-30,34-36,38-39,44,46,50-51,53,57,60,66,69,82-84,88-89H,4-6,8,11,13-15,22-24,31-33,37,40-43,45,47-49,52,54-56,58-59,61-65,67-68,70-81H2,1-3H3,(H,93,94)(H,95,96)/b10-7-,12-9-,19-16-,20-17-,21-18-,28-25-,29-26-,30-27-,36-34-,39-38-,44-35-,51-46-,53-50-,60-57-,69-66-. The van der Waals surface area contributed by atoms with E-state index in [9.17, 15) is 43.5 Å². The van der Waals surface area contributed by atoms with Gasteiger partial charge >= 0.3 is 33.6 Å². The highest BCUT2D eigenvalue weighted by molar-refractivity contribution is 7.47. The quantitative estimate of drug-likeness (QED) is 0.0146. The molecule has 16 nitrogen and oxygen atoms in total. The van der Waals surface area contributed by atoms with E-state index in [1.807, 2.05) is 18.2 Å². The third-order valence-corrected chi connectivity index (χ3v) is 18.0. The van der Waals surface area contributed by atoms with E-state index in [1.54, 1.807) is 0 Å². The molecule has 0 radical (unpaired) electrons. The van der Waals surface area contributed by atoms with Gasteiger partial charge in [0.15, 0.2) is 6.10 Å². The van der Waals surface area contributed by atoms with E-state index in [-0.39, 0.29) is 19.3 Å². The lowest BCUT2D eigenvalue weighted by Gasteiger charge is -2.21. The number of rotatable bonds is 74. The summed E-state index contributed by atoms with van der Waals surface area (Å²) in [6.45, 7) is 2.30. The number of phosphoric acid groups is 2. The minimum absolute atomic E-state index is 0.0316. The van der Waals surface area contributed by atoms with Gasteiger partial charge < -0.3 is 34.2 Å². The number of carbonyl (C=O) groups excluding carboxylic acids is 3. The lowest BCUT2D eigenvalue weighted by atomic mass is 10.0. The van der Waals surface area contributed by atoms with Gasteiger partial charge in [0.2, 0.25) is 0 Å². The summed E-state index contributed by atoms with van der Waals surface area (Å²) in [6.07, 6.45) is 101. The number of allylic oxidation sites excluding steroid dienone is 30. The molecule has 5 atom stereocenters. The second-order valence-corrected chi connectivity index (χ2v) is 29.0. The molecule has 0 rings (SSSR count). The molecule has 0 saturated heterocycles. The van der Waals surface area contributed by atoms with Crippen molar-refractivity contribution in [2.24, 2.45) is 0 Å².